The van der Waals surface area contributed by atoms with E-state index in [9.17, 15) is 14.9 Å². The summed E-state index contributed by atoms with van der Waals surface area (Å²) in [6.45, 7) is 0.0207. The second-order valence-electron chi connectivity index (χ2n) is 5.62. The predicted octanol–water partition coefficient (Wildman–Crippen LogP) is 1.61. The maximum absolute atomic E-state index is 12.2. The van der Waals surface area contributed by atoms with E-state index in [0.29, 0.717) is 17.2 Å². The van der Waals surface area contributed by atoms with Crippen molar-refractivity contribution >= 4 is 17.8 Å². The molecule has 1 atom stereocenters. The number of amides is 1. The molecule has 2 aromatic rings. The van der Waals surface area contributed by atoms with Gasteiger partial charge in [0.2, 0.25) is 12.9 Å². The van der Waals surface area contributed by atoms with Crippen molar-refractivity contribution in [1.82, 2.24) is 5.43 Å². The van der Waals surface area contributed by atoms with Crippen molar-refractivity contribution in [2.75, 3.05) is 13.4 Å². The Kier molecular flexibility index (Phi) is 4.21. The third-order valence-electron chi connectivity index (χ3n) is 3.90. The van der Waals surface area contributed by atoms with Gasteiger partial charge in [-0.15, -0.1) is 0 Å². The van der Waals surface area contributed by atoms with Gasteiger partial charge in [0.1, 0.15) is 6.61 Å². The van der Waals surface area contributed by atoms with Crippen LogP contribution in [0.25, 0.3) is 0 Å². The van der Waals surface area contributed by atoms with Crippen molar-refractivity contribution in [3.05, 3.63) is 52.1 Å². The summed E-state index contributed by atoms with van der Waals surface area (Å²) in [7, 11) is 0. The number of hydrogen-bond acceptors (Lipinski definition) is 8. The van der Waals surface area contributed by atoms with Crippen molar-refractivity contribution < 1.29 is 28.7 Å². The predicted molar refractivity (Wildman–Crippen MR) is 91.3 cm³/mol. The molecule has 0 fully saturated rings. The first-order valence-corrected chi connectivity index (χ1v) is 7.91. The Balaban J connectivity index is 1.45. The van der Waals surface area contributed by atoms with E-state index in [1.807, 2.05) is 0 Å². The summed E-state index contributed by atoms with van der Waals surface area (Å²) in [5, 5.41) is 15.0. The number of nitrogens with one attached hydrogen (secondary N) is 1. The summed E-state index contributed by atoms with van der Waals surface area (Å²) in [6, 6.07) is 9.66. The zero-order valence-corrected chi connectivity index (χ0v) is 13.8. The topological polar surface area (TPSA) is 122 Å². The summed E-state index contributed by atoms with van der Waals surface area (Å²) < 4.78 is 21.4. The molecule has 0 saturated heterocycles. The number of carbonyl (C=O) groups is 1. The van der Waals surface area contributed by atoms with Crippen LogP contribution in [0, 0.1) is 10.1 Å². The number of nitro benzene ring substituents is 1. The molecule has 2 aliphatic heterocycles. The van der Waals surface area contributed by atoms with Crippen molar-refractivity contribution in [2.24, 2.45) is 5.10 Å². The fourth-order valence-corrected chi connectivity index (χ4v) is 2.59. The maximum Gasteiger partial charge on any atom is 0.284 e. The molecule has 4 rings (SSSR count). The van der Waals surface area contributed by atoms with Crippen molar-refractivity contribution in [3.63, 3.8) is 0 Å². The third-order valence-corrected chi connectivity index (χ3v) is 3.90. The first kappa shape index (κ1) is 16.6. The van der Waals surface area contributed by atoms with Crippen LogP contribution in [-0.2, 0) is 4.79 Å². The smallest absolute Gasteiger partial charge is 0.284 e. The van der Waals surface area contributed by atoms with Crippen LogP contribution in [0.4, 0.5) is 5.69 Å². The number of hydrazone groups is 1. The number of carbonyl (C=O) groups excluding carboxylic acids is 1. The molecule has 0 radical (unpaired) electrons. The van der Waals surface area contributed by atoms with Gasteiger partial charge in [-0.1, -0.05) is 12.1 Å². The van der Waals surface area contributed by atoms with Gasteiger partial charge < -0.3 is 18.9 Å². The third kappa shape index (κ3) is 3.32. The lowest BCUT2D eigenvalue weighted by Crippen LogP contribution is -2.42. The molecular weight excluding hydrogens is 358 g/mol. The van der Waals surface area contributed by atoms with Crippen LogP contribution < -0.4 is 24.4 Å². The van der Waals surface area contributed by atoms with Gasteiger partial charge in [-0.05, 0) is 18.2 Å². The number of benzene rings is 2. The average molecular weight is 371 g/mol. The van der Waals surface area contributed by atoms with Crippen molar-refractivity contribution in [2.45, 2.75) is 6.10 Å². The molecule has 10 nitrogen and oxygen atoms in total. The van der Waals surface area contributed by atoms with Crippen LogP contribution in [0.3, 0.4) is 0 Å². The fourth-order valence-electron chi connectivity index (χ4n) is 2.59. The van der Waals surface area contributed by atoms with Crippen LogP contribution in [-0.4, -0.2) is 36.5 Å². The Labute approximate surface area is 152 Å². The van der Waals surface area contributed by atoms with E-state index in [-0.39, 0.29) is 30.4 Å². The van der Waals surface area contributed by atoms with Gasteiger partial charge >= 0.3 is 0 Å². The van der Waals surface area contributed by atoms with Gasteiger partial charge in [-0.2, -0.15) is 5.10 Å². The minimum atomic E-state index is -0.885. The average Bonchev–Trinajstić information content (AvgIpc) is 3.14. The molecule has 2 aliphatic rings. The number of para-hydroxylation sites is 2. The minimum Gasteiger partial charge on any atom is -0.485 e. The van der Waals surface area contributed by atoms with Crippen molar-refractivity contribution in [1.29, 1.82) is 0 Å². The molecule has 10 heteroatoms. The van der Waals surface area contributed by atoms with Crippen LogP contribution in [0.1, 0.15) is 5.56 Å². The van der Waals surface area contributed by atoms with Crippen LogP contribution in [0.2, 0.25) is 0 Å². The zero-order chi connectivity index (χ0) is 18.8. The Bertz CT molecular complexity index is 944. The Morgan fingerprint density at radius 3 is 2.67 bits per heavy atom. The molecule has 0 aliphatic carbocycles. The molecule has 0 bridgehead atoms. The number of ether oxygens (including phenoxy) is 4. The van der Waals surface area contributed by atoms with E-state index in [0.717, 1.165) is 6.21 Å². The van der Waals surface area contributed by atoms with E-state index in [1.165, 1.54) is 12.1 Å². The highest BCUT2D eigenvalue weighted by atomic mass is 16.7. The molecule has 1 unspecified atom stereocenters. The monoisotopic (exact) mass is 371 g/mol. The summed E-state index contributed by atoms with van der Waals surface area (Å²) in [6.07, 6.45) is 0.277. The molecule has 2 aromatic carbocycles. The highest BCUT2D eigenvalue weighted by Crippen LogP contribution is 2.37. The van der Waals surface area contributed by atoms with Crippen LogP contribution in [0.5, 0.6) is 23.0 Å². The largest absolute Gasteiger partial charge is 0.485 e. The van der Waals surface area contributed by atoms with Crippen LogP contribution >= 0.6 is 0 Å². The molecule has 0 spiro atoms. The second kappa shape index (κ2) is 6.83. The van der Waals surface area contributed by atoms with Gasteiger partial charge in [0, 0.05) is 0 Å². The van der Waals surface area contributed by atoms with Crippen molar-refractivity contribution in [3.8, 4) is 23.0 Å². The lowest BCUT2D eigenvalue weighted by atomic mass is 10.1. The Hall–Kier alpha value is -3.82. The lowest BCUT2D eigenvalue weighted by molar-refractivity contribution is -0.385. The van der Waals surface area contributed by atoms with Gasteiger partial charge in [-0.3, -0.25) is 14.9 Å². The summed E-state index contributed by atoms with van der Waals surface area (Å²) in [5.41, 5.74) is 2.24. The lowest BCUT2D eigenvalue weighted by Gasteiger charge is -2.24. The van der Waals surface area contributed by atoms with E-state index < -0.39 is 16.9 Å². The number of hydrogen-bond donors (Lipinski definition) is 1. The molecule has 0 saturated carbocycles. The van der Waals surface area contributed by atoms with E-state index in [1.54, 1.807) is 24.3 Å². The van der Waals surface area contributed by atoms with E-state index in [4.69, 9.17) is 18.9 Å². The highest BCUT2D eigenvalue weighted by Gasteiger charge is 2.27. The first-order chi connectivity index (χ1) is 13.1. The van der Waals surface area contributed by atoms with Crippen LogP contribution in [0.15, 0.2) is 41.5 Å². The SMILES string of the molecule is O=C(N/N=C\c1cc2c(cc1[N+](=O)[O-])OCO2)C1COc2ccccc2O1. The normalized spacial score (nSPS) is 17.0. The van der Waals surface area contributed by atoms with E-state index >= 15 is 0 Å². The molecule has 138 valence electrons. The summed E-state index contributed by atoms with van der Waals surface area (Å²) >= 11 is 0. The number of rotatable bonds is 4. The van der Waals surface area contributed by atoms with Gasteiger partial charge in [0.05, 0.1) is 22.8 Å². The zero-order valence-electron chi connectivity index (χ0n) is 13.8. The molecule has 2 heterocycles. The number of nitrogens with zero attached hydrogens (tertiary/aromatic N) is 2. The molecule has 1 N–H and O–H groups in total. The fraction of sp³-hybridized carbons (Fsp3) is 0.176. The Morgan fingerprint density at radius 2 is 1.89 bits per heavy atom. The molecule has 1 amide bonds. The molecular formula is C17H13N3O7. The maximum atomic E-state index is 12.2. The number of fused-ring (bicyclic) bond motifs is 2. The number of nitro groups is 1. The van der Waals surface area contributed by atoms with Gasteiger partial charge in [0.15, 0.2) is 23.0 Å². The summed E-state index contributed by atoms with van der Waals surface area (Å²) in [5.74, 6) is 1.13. The molecule has 27 heavy (non-hydrogen) atoms. The minimum absolute atomic E-state index is 0.00961. The standard InChI is InChI=1S/C17H13N3O7/c21-17(16-8-24-12-3-1-2-4-13(12)27-16)19-18-7-10-5-14-15(26-9-25-14)6-11(10)20(22)23/h1-7,16H,8-9H2,(H,19,21)/b18-7-. The van der Waals surface area contributed by atoms with Gasteiger partial charge in [-0.25, -0.2) is 5.43 Å². The quantitative estimate of drug-likeness (QED) is 0.492. The van der Waals surface area contributed by atoms with E-state index in [2.05, 4.69) is 10.5 Å². The molecule has 0 aromatic heterocycles. The second-order valence-corrected chi connectivity index (χ2v) is 5.62. The summed E-state index contributed by atoms with van der Waals surface area (Å²) in [4.78, 5) is 22.8. The Morgan fingerprint density at radius 1 is 1.15 bits per heavy atom. The highest BCUT2D eigenvalue weighted by molar-refractivity contribution is 5.89. The first-order valence-electron chi connectivity index (χ1n) is 7.91. The van der Waals surface area contributed by atoms with Gasteiger partial charge in [0.25, 0.3) is 11.6 Å².